The second-order valence-corrected chi connectivity index (χ2v) is 7.87. The number of benzene rings is 1. The third-order valence-electron chi connectivity index (χ3n) is 4.29. The number of rotatable bonds is 3. The Morgan fingerprint density at radius 3 is 2.61 bits per heavy atom. The van der Waals surface area contributed by atoms with E-state index in [2.05, 4.69) is 0 Å². The van der Waals surface area contributed by atoms with Crippen LogP contribution in [0.3, 0.4) is 0 Å². The van der Waals surface area contributed by atoms with E-state index in [1.807, 2.05) is 6.92 Å². The van der Waals surface area contributed by atoms with Gasteiger partial charge in [0.05, 0.1) is 18.1 Å². The molecule has 8 heteroatoms. The second-order valence-electron chi connectivity index (χ2n) is 5.93. The van der Waals surface area contributed by atoms with E-state index in [4.69, 9.17) is 15.2 Å². The summed E-state index contributed by atoms with van der Waals surface area (Å²) in [6.45, 7) is 4.04. The van der Waals surface area contributed by atoms with Crippen LogP contribution in [0, 0.1) is 5.92 Å². The van der Waals surface area contributed by atoms with Crippen LogP contribution in [-0.2, 0) is 10.0 Å². The molecule has 0 radical (unpaired) electrons. The number of hydrogen-bond donors (Lipinski definition) is 1. The number of halogens is 1. The van der Waals surface area contributed by atoms with Crippen LogP contribution in [0.25, 0.3) is 0 Å². The van der Waals surface area contributed by atoms with Gasteiger partial charge in [-0.2, -0.15) is 4.31 Å². The Morgan fingerprint density at radius 2 is 1.96 bits per heavy atom. The van der Waals surface area contributed by atoms with Gasteiger partial charge in [0.2, 0.25) is 10.0 Å². The lowest BCUT2D eigenvalue weighted by Gasteiger charge is -2.19. The largest absolute Gasteiger partial charge is 0.490 e. The smallest absolute Gasteiger partial charge is 0.243 e. The highest BCUT2D eigenvalue weighted by atomic mass is 35.5. The highest BCUT2D eigenvalue weighted by Crippen LogP contribution is 2.34. The van der Waals surface area contributed by atoms with Crippen LogP contribution >= 0.6 is 12.4 Å². The zero-order chi connectivity index (χ0) is 15.7. The van der Waals surface area contributed by atoms with Gasteiger partial charge in [0, 0.05) is 31.6 Å². The van der Waals surface area contributed by atoms with Gasteiger partial charge >= 0.3 is 0 Å². The Morgan fingerprint density at radius 1 is 1.26 bits per heavy atom. The molecule has 23 heavy (non-hydrogen) atoms. The summed E-state index contributed by atoms with van der Waals surface area (Å²) >= 11 is 0. The summed E-state index contributed by atoms with van der Waals surface area (Å²) in [7, 11) is -3.51. The maximum absolute atomic E-state index is 12.8. The van der Waals surface area contributed by atoms with Crippen molar-refractivity contribution in [1.82, 2.24) is 4.31 Å². The van der Waals surface area contributed by atoms with Crippen LogP contribution in [0.15, 0.2) is 23.1 Å². The first kappa shape index (κ1) is 18.3. The maximum atomic E-state index is 12.8. The molecule has 0 spiro atoms. The minimum absolute atomic E-state index is 0. The second kappa shape index (κ2) is 7.25. The number of sulfonamides is 1. The van der Waals surface area contributed by atoms with Gasteiger partial charge in [0.1, 0.15) is 0 Å². The quantitative estimate of drug-likeness (QED) is 0.883. The Balaban J connectivity index is 0.00000192. The lowest BCUT2D eigenvalue weighted by molar-refractivity contribution is 0.297. The molecule has 2 heterocycles. The third-order valence-corrected chi connectivity index (χ3v) is 6.15. The van der Waals surface area contributed by atoms with Crippen molar-refractivity contribution in [3.05, 3.63) is 18.2 Å². The summed E-state index contributed by atoms with van der Waals surface area (Å²) in [5.74, 6) is 1.32. The average Bonchev–Trinajstić information content (AvgIpc) is 2.88. The molecule has 1 aromatic carbocycles. The van der Waals surface area contributed by atoms with Crippen molar-refractivity contribution in [2.75, 3.05) is 26.3 Å². The van der Waals surface area contributed by atoms with Gasteiger partial charge in [-0.1, -0.05) is 0 Å². The molecule has 6 nitrogen and oxygen atoms in total. The monoisotopic (exact) mass is 362 g/mol. The summed E-state index contributed by atoms with van der Waals surface area (Å²) in [6, 6.07) is 4.83. The molecule has 2 N–H and O–H groups in total. The van der Waals surface area contributed by atoms with Crippen LogP contribution in [0.5, 0.6) is 11.5 Å². The van der Waals surface area contributed by atoms with Crippen molar-refractivity contribution in [2.45, 2.75) is 30.7 Å². The van der Waals surface area contributed by atoms with E-state index in [1.165, 1.54) is 4.31 Å². The Labute approximate surface area is 143 Å². The van der Waals surface area contributed by atoms with E-state index in [0.717, 1.165) is 12.8 Å². The predicted molar refractivity (Wildman–Crippen MR) is 89.8 cm³/mol. The summed E-state index contributed by atoms with van der Waals surface area (Å²) in [5, 5.41) is 0. The molecule has 0 aromatic heterocycles. The van der Waals surface area contributed by atoms with Crippen molar-refractivity contribution in [3.8, 4) is 11.5 Å². The van der Waals surface area contributed by atoms with Crippen molar-refractivity contribution in [3.63, 3.8) is 0 Å². The molecule has 0 aliphatic carbocycles. The minimum Gasteiger partial charge on any atom is -0.490 e. The summed E-state index contributed by atoms with van der Waals surface area (Å²) < 4.78 is 38.2. The van der Waals surface area contributed by atoms with Crippen molar-refractivity contribution < 1.29 is 17.9 Å². The fourth-order valence-electron chi connectivity index (χ4n) is 2.85. The van der Waals surface area contributed by atoms with Crippen molar-refractivity contribution in [2.24, 2.45) is 11.7 Å². The Bertz CT molecular complexity index is 651. The molecule has 0 amide bonds. The normalized spacial score (nSPS) is 23.0. The first-order chi connectivity index (χ1) is 10.5. The molecule has 0 saturated carbocycles. The topological polar surface area (TPSA) is 81.9 Å². The highest BCUT2D eigenvalue weighted by Gasteiger charge is 2.34. The fraction of sp³-hybridized carbons (Fsp3) is 0.600. The van der Waals surface area contributed by atoms with Crippen LogP contribution in [-0.4, -0.2) is 45.1 Å². The van der Waals surface area contributed by atoms with Crippen LogP contribution in [0.2, 0.25) is 0 Å². The number of nitrogens with two attached hydrogens (primary N) is 1. The van der Waals surface area contributed by atoms with E-state index in [-0.39, 0.29) is 29.3 Å². The molecule has 2 unspecified atom stereocenters. The summed E-state index contributed by atoms with van der Waals surface area (Å²) in [4.78, 5) is 0.252. The first-order valence-corrected chi connectivity index (χ1v) is 9.08. The van der Waals surface area contributed by atoms with E-state index < -0.39 is 10.0 Å². The van der Waals surface area contributed by atoms with Crippen molar-refractivity contribution >= 4 is 22.4 Å². The van der Waals surface area contributed by atoms with Gasteiger partial charge in [-0.3, -0.25) is 0 Å². The van der Waals surface area contributed by atoms with E-state index in [9.17, 15) is 8.42 Å². The Kier molecular flexibility index (Phi) is 5.78. The van der Waals surface area contributed by atoms with Gasteiger partial charge in [-0.05, 0) is 31.4 Å². The minimum atomic E-state index is -3.51. The van der Waals surface area contributed by atoms with Crippen molar-refractivity contribution in [1.29, 1.82) is 0 Å². The number of ether oxygens (including phenoxy) is 2. The molecule has 1 fully saturated rings. The molecular formula is C15H23ClN2O4S. The Hall–Kier alpha value is -1.02. The zero-order valence-corrected chi connectivity index (χ0v) is 14.7. The highest BCUT2D eigenvalue weighted by molar-refractivity contribution is 7.89. The lowest BCUT2D eigenvalue weighted by atomic mass is 10.0. The third kappa shape index (κ3) is 3.74. The molecule has 2 atom stereocenters. The van der Waals surface area contributed by atoms with Crippen LogP contribution in [0.1, 0.15) is 19.8 Å². The predicted octanol–water partition coefficient (Wildman–Crippen LogP) is 1.63. The van der Waals surface area contributed by atoms with Crippen LogP contribution < -0.4 is 15.2 Å². The van der Waals surface area contributed by atoms with Crippen LogP contribution in [0.4, 0.5) is 0 Å². The van der Waals surface area contributed by atoms with Gasteiger partial charge in [0.25, 0.3) is 0 Å². The molecule has 3 rings (SSSR count). The van der Waals surface area contributed by atoms with Gasteiger partial charge < -0.3 is 15.2 Å². The molecule has 1 aromatic rings. The number of fused-ring (bicyclic) bond motifs is 1. The van der Waals surface area contributed by atoms with E-state index >= 15 is 0 Å². The van der Waals surface area contributed by atoms with Gasteiger partial charge in [-0.15, -0.1) is 12.4 Å². The molecular weight excluding hydrogens is 340 g/mol. The molecule has 2 aliphatic rings. The van der Waals surface area contributed by atoms with Gasteiger partial charge in [0.15, 0.2) is 11.5 Å². The summed E-state index contributed by atoms with van der Waals surface area (Å²) in [5.41, 5.74) is 5.89. The number of nitrogens with zero attached hydrogens (tertiary/aromatic N) is 1. The summed E-state index contributed by atoms with van der Waals surface area (Å²) in [6.07, 6.45) is 1.60. The van der Waals surface area contributed by atoms with E-state index in [1.54, 1.807) is 18.2 Å². The van der Waals surface area contributed by atoms with E-state index in [0.29, 0.717) is 37.8 Å². The maximum Gasteiger partial charge on any atom is 0.243 e. The lowest BCUT2D eigenvalue weighted by Crippen LogP contribution is -2.33. The standard InChI is InChI=1S/C15H22N2O4S.ClH/c1-11(16)12-5-6-17(10-12)22(18,19)13-3-4-14-15(9-13)21-8-2-7-20-14;/h3-4,9,11-12H,2,5-8,10,16H2,1H3;1H. The van der Waals surface area contributed by atoms with Gasteiger partial charge in [-0.25, -0.2) is 8.42 Å². The average molecular weight is 363 g/mol. The number of hydrogen-bond acceptors (Lipinski definition) is 5. The molecule has 2 aliphatic heterocycles. The SMILES string of the molecule is CC(N)C1CCN(S(=O)(=O)c2ccc3c(c2)OCCCO3)C1.Cl. The zero-order valence-electron chi connectivity index (χ0n) is 13.1. The first-order valence-electron chi connectivity index (χ1n) is 7.64. The fourth-order valence-corrected chi connectivity index (χ4v) is 4.38. The molecule has 1 saturated heterocycles. The molecule has 0 bridgehead atoms. The molecule has 130 valence electrons.